The number of nitrogens with zero attached hydrogens (tertiary/aromatic N) is 3. The highest BCUT2D eigenvalue weighted by Gasteiger charge is 2.26. The minimum atomic E-state index is -1.75. The van der Waals surface area contributed by atoms with Crippen molar-refractivity contribution in [3.63, 3.8) is 0 Å². The maximum absolute atomic E-state index is 8.25. The van der Waals surface area contributed by atoms with Crippen LogP contribution in [0.1, 0.15) is 261 Å². The third-order valence-electron chi connectivity index (χ3n) is 11.9. The SMILES string of the molecule is CCCCCCCC[N+](CCCCCCCC)(CCCCCCCC)CCCCCCCC.CCCC[N+](CCCC)(CCCC)CCCC.O=[N+]([O-])[O-].[Br-]. The minimum Gasteiger partial charge on any atom is -1.00 e. The number of halogens is 1. The van der Waals surface area contributed by atoms with Crippen molar-refractivity contribution in [3.8, 4) is 0 Å². The molecule has 0 aliphatic carbocycles. The number of rotatable bonds is 40. The van der Waals surface area contributed by atoms with E-state index >= 15 is 0 Å². The third-order valence-corrected chi connectivity index (χ3v) is 11.9. The standard InChI is InChI=1S/C32H68N.C16H36N.BrH.NO3/c1-5-9-13-17-21-25-29-33(30-26-22-18-14-10-6-2,31-27-23-19-15-11-7-3)32-28-24-20-16-12-8-4;1-5-9-13-17(14-10-6-2,15-11-7-3)16-12-8-4;;2-1(3)4/h5-32H2,1-4H3;5-16H2,1-4H3;1H;/q2*+1;;-1/p-1. The van der Waals surface area contributed by atoms with Crippen molar-refractivity contribution in [1.29, 1.82) is 0 Å². The Morgan fingerprint density at radius 2 is 0.400 bits per heavy atom. The van der Waals surface area contributed by atoms with E-state index in [0.717, 1.165) is 0 Å². The second-order valence-electron chi connectivity index (χ2n) is 17.2. The van der Waals surface area contributed by atoms with Crippen molar-refractivity contribution in [1.82, 2.24) is 0 Å². The molecule has 0 N–H and O–H groups in total. The molecule has 0 aliphatic rings. The molecular formula is C48H104BrN3O3. The maximum Gasteiger partial charge on any atom is 0.0786 e. The molecule has 0 saturated carbocycles. The highest BCUT2D eigenvalue weighted by molar-refractivity contribution is 4.55. The summed E-state index contributed by atoms with van der Waals surface area (Å²) in [6, 6.07) is 0. The van der Waals surface area contributed by atoms with Crippen LogP contribution in [0.4, 0.5) is 0 Å². The van der Waals surface area contributed by atoms with Crippen LogP contribution in [-0.4, -0.2) is 66.4 Å². The van der Waals surface area contributed by atoms with Crippen LogP contribution in [0.2, 0.25) is 0 Å². The summed E-state index contributed by atoms with van der Waals surface area (Å²) in [5.41, 5.74) is 0. The first-order chi connectivity index (χ1) is 26.2. The van der Waals surface area contributed by atoms with E-state index in [1.807, 2.05) is 0 Å². The van der Waals surface area contributed by atoms with Gasteiger partial charge in [-0.05, 0) is 77.0 Å². The number of hydrogen-bond acceptors (Lipinski definition) is 3. The van der Waals surface area contributed by atoms with Gasteiger partial charge in [0.25, 0.3) is 0 Å². The summed E-state index contributed by atoms with van der Waals surface area (Å²) < 4.78 is 2.90. The lowest BCUT2D eigenvalue weighted by molar-refractivity contribution is -0.929. The van der Waals surface area contributed by atoms with Gasteiger partial charge < -0.3 is 41.3 Å². The summed E-state index contributed by atoms with van der Waals surface area (Å²) in [6.07, 6.45) is 45.8. The van der Waals surface area contributed by atoms with Crippen molar-refractivity contribution in [2.75, 3.05) is 52.4 Å². The zero-order valence-electron chi connectivity index (χ0n) is 39.2. The fourth-order valence-corrected chi connectivity index (χ4v) is 8.23. The van der Waals surface area contributed by atoms with Crippen LogP contribution in [0, 0.1) is 15.3 Å². The molecule has 0 aromatic heterocycles. The zero-order chi connectivity index (χ0) is 40.9. The summed E-state index contributed by atoms with van der Waals surface area (Å²) in [5.74, 6) is 0. The van der Waals surface area contributed by atoms with Gasteiger partial charge in [-0.1, -0.05) is 184 Å². The first-order valence-electron chi connectivity index (χ1n) is 24.7. The Balaban J connectivity index is -0.000000493. The van der Waals surface area contributed by atoms with Gasteiger partial charge in [0.2, 0.25) is 0 Å². The van der Waals surface area contributed by atoms with E-state index in [0.29, 0.717) is 0 Å². The fourth-order valence-electron chi connectivity index (χ4n) is 8.23. The van der Waals surface area contributed by atoms with E-state index < -0.39 is 5.09 Å². The Labute approximate surface area is 358 Å². The van der Waals surface area contributed by atoms with E-state index in [1.54, 1.807) is 0 Å². The van der Waals surface area contributed by atoms with E-state index in [4.69, 9.17) is 15.3 Å². The quantitative estimate of drug-likeness (QED) is 0.0267. The van der Waals surface area contributed by atoms with Gasteiger partial charge in [0.05, 0.1) is 57.4 Å². The largest absolute Gasteiger partial charge is 1.00 e. The number of hydrogen-bond donors (Lipinski definition) is 0. The molecule has 0 saturated heterocycles. The van der Waals surface area contributed by atoms with Gasteiger partial charge in [0, 0.05) is 0 Å². The van der Waals surface area contributed by atoms with Crippen LogP contribution in [-0.2, 0) is 0 Å². The molecule has 0 atom stereocenters. The van der Waals surface area contributed by atoms with Gasteiger partial charge in [0.1, 0.15) is 0 Å². The Kier molecular flexibility index (Phi) is 55.4. The molecule has 6 nitrogen and oxygen atoms in total. The van der Waals surface area contributed by atoms with E-state index in [2.05, 4.69) is 55.4 Å². The Morgan fingerprint density at radius 3 is 0.564 bits per heavy atom. The normalized spacial score (nSPS) is 11.3. The number of quaternary nitrogens is 2. The highest BCUT2D eigenvalue weighted by Crippen LogP contribution is 2.21. The van der Waals surface area contributed by atoms with Crippen molar-refractivity contribution >= 4 is 0 Å². The first-order valence-corrected chi connectivity index (χ1v) is 24.7. The molecule has 0 aliphatic heterocycles. The monoisotopic (exact) mass is 850 g/mol. The molecule has 0 radical (unpaired) electrons. The zero-order valence-corrected chi connectivity index (χ0v) is 40.8. The predicted octanol–water partition coefficient (Wildman–Crippen LogP) is 13.0. The molecular weight excluding hydrogens is 746 g/mol. The lowest BCUT2D eigenvalue weighted by atomic mass is 10.0. The lowest BCUT2D eigenvalue weighted by Crippen LogP contribution is -3.00. The second kappa shape index (κ2) is 49.7. The maximum atomic E-state index is 8.25. The smallest absolute Gasteiger partial charge is 0.0786 e. The van der Waals surface area contributed by atoms with Gasteiger partial charge in [-0.25, -0.2) is 0 Å². The molecule has 0 spiro atoms. The van der Waals surface area contributed by atoms with Crippen LogP contribution in [0.5, 0.6) is 0 Å². The van der Waals surface area contributed by atoms with Crippen LogP contribution in [0.3, 0.4) is 0 Å². The van der Waals surface area contributed by atoms with E-state index in [-0.39, 0.29) is 17.0 Å². The molecule has 0 unspecified atom stereocenters. The molecule has 0 aromatic carbocycles. The van der Waals surface area contributed by atoms with Crippen LogP contribution in [0.15, 0.2) is 0 Å². The highest BCUT2D eigenvalue weighted by atomic mass is 79.9. The third kappa shape index (κ3) is 46.2. The Bertz CT molecular complexity index is 601. The van der Waals surface area contributed by atoms with E-state index in [9.17, 15) is 0 Å². The van der Waals surface area contributed by atoms with Crippen LogP contribution >= 0.6 is 0 Å². The van der Waals surface area contributed by atoms with Gasteiger partial charge in [-0.15, -0.1) is 0 Å². The summed E-state index contributed by atoms with van der Waals surface area (Å²) in [7, 11) is 0. The molecule has 0 aromatic rings. The molecule has 7 heteroatoms. The summed E-state index contributed by atoms with van der Waals surface area (Å²) in [6.45, 7) is 30.3. The molecule has 0 rings (SSSR count). The van der Waals surface area contributed by atoms with E-state index in [1.165, 1.54) is 267 Å². The average molecular weight is 851 g/mol. The van der Waals surface area contributed by atoms with Gasteiger partial charge in [-0.3, -0.25) is 0 Å². The van der Waals surface area contributed by atoms with Crippen LogP contribution in [0.25, 0.3) is 0 Å². The Morgan fingerprint density at radius 1 is 0.273 bits per heavy atom. The fraction of sp³-hybridized carbons (Fsp3) is 1.00. The van der Waals surface area contributed by atoms with Crippen LogP contribution < -0.4 is 17.0 Å². The van der Waals surface area contributed by atoms with Crippen molar-refractivity contribution in [2.45, 2.75) is 261 Å². The number of unbranched alkanes of at least 4 members (excludes halogenated alkanes) is 24. The molecule has 0 bridgehead atoms. The average Bonchev–Trinajstić information content (AvgIpc) is 3.16. The summed E-state index contributed by atoms with van der Waals surface area (Å²) >= 11 is 0. The molecule has 55 heavy (non-hydrogen) atoms. The van der Waals surface area contributed by atoms with Crippen molar-refractivity contribution in [3.05, 3.63) is 15.3 Å². The van der Waals surface area contributed by atoms with Crippen molar-refractivity contribution in [2.24, 2.45) is 0 Å². The lowest BCUT2D eigenvalue weighted by Gasteiger charge is -2.40. The predicted molar refractivity (Wildman–Crippen MR) is 243 cm³/mol. The summed E-state index contributed by atoms with van der Waals surface area (Å²) in [5, 5.41) is 14.8. The molecule has 0 amide bonds. The molecule has 0 heterocycles. The minimum absolute atomic E-state index is 0. The second-order valence-corrected chi connectivity index (χ2v) is 17.2. The van der Waals surface area contributed by atoms with Gasteiger partial charge >= 0.3 is 0 Å². The van der Waals surface area contributed by atoms with Gasteiger partial charge in [0.15, 0.2) is 0 Å². The van der Waals surface area contributed by atoms with Gasteiger partial charge in [-0.2, -0.15) is 0 Å². The van der Waals surface area contributed by atoms with Crippen molar-refractivity contribution < 1.29 is 31.0 Å². The summed E-state index contributed by atoms with van der Waals surface area (Å²) in [4.78, 5) is 8.25. The first kappa shape index (κ1) is 61.3. The molecule has 0 fully saturated rings. The Hall–Kier alpha value is -0.400. The topological polar surface area (TPSA) is 66.2 Å². The molecule has 336 valence electrons.